The first-order chi connectivity index (χ1) is 18.3. The van der Waals surface area contributed by atoms with E-state index in [1.165, 1.54) is 24.1 Å². The molecule has 0 unspecified atom stereocenters. The lowest BCUT2D eigenvalue weighted by atomic mass is 10.0. The Balaban J connectivity index is 2.08. The van der Waals surface area contributed by atoms with Gasteiger partial charge in [0, 0.05) is 20.0 Å². The number of rotatable bonds is 10. The molecule has 13 heteroatoms. The van der Waals surface area contributed by atoms with Crippen LogP contribution in [0, 0.1) is 0 Å². The van der Waals surface area contributed by atoms with E-state index in [9.17, 15) is 18.0 Å². The molecule has 0 aliphatic heterocycles. The number of halogens is 5. The second-order valence-corrected chi connectivity index (χ2v) is 12.5. The molecule has 3 aromatic rings. The maximum Gasteiger partial charge on any atom is 0.244 e. The van der Waals surface area contributed by atoms with E-state index in [0.29, 0.717) is 10.6 Å². The topological polar surface area (TPSA) is 86.8 Å². The first kappa shape index (κ1) is 31.3. The first-order valence-corrected chi connectivity index (χ1v) is 15.2. The molecule has 0 radical (unpaired) electrons. The van der Waals surface area contributed by atoms with Crippen molar-refractivity contribution in [2.24, 2.45) is 0 Å². The minimum absolute atomic E-state index is 0.0224. The van der Waals surface area contributed by atoms with E-state index >= 15 is 0 Å². The number of hydrogen-bond donors (Lipinski definition) is 1. The van der Waals surface area contributed by atoms with Crippen LogP contribution in [-0.4, -0.2) is 51.0 Å². The Morgan fingerprint density at radius 2 is 1.44 bits per heavy atom. The van der Waals surface area contributed by atoms with Gasteiger partial charge in [-0.05, 0) is 35.4 Å². The fraction of sp³-hybridized carbons (Fsp3) is 0.231. The van der Waals surface area contributed by atoms with Gasteiger partial charge in [-0.2, -0.15) is 0 Å². The van der Waals surface area contributed by atoms with Crippen LogP contribution in [0.4, 0.5) is 5.69 Å². The lowest BCUT2D eigenvalue weighted by Gasteiger charge is -2.33. The fourth-order valence-electron chi connectivity index (χ4n) is 3.85. The van der Waals surface area contributed by atoms with Gasteiger partial charge >= 0.3 is 0 Å². The quantitative estimate of drug-likeness (QED) is 0.268. The average molecular weight is 652 g/mol. The van der Waals surface area contributed by atoms with Crippen molar-refractivity contribution in [3.63, 3.8) is 0 Å². The van der Waals surface area contributed by atoms with Crippen molar-refractivity contribution in [1.29, 1.82) is 0 Å². The van der Waals surface area contributed by atoms with Gasteiger partial charge in [-0.1, -0.05) is 94.4 Å². The molecular weight excluding hydrogens is 628 g/mol. The van der Waals surface area contributed by atoms with E-state index in [2.05, 4.69) is 5.32 Å². The van der Waals surface area contributed by atoms with E-state index in [1.807, 2.05) is 30.3 Å². The third kappa shape index (κ3) is 8.16. The molecule has 0 saturated carbocycles. The van der Waals surface area contributed by atoms with Crippen LogP contribution in [0.3, 0.4) is 0 Å². The van der Waals surface area contributed by atoms with Gasteiger partial charge in [-0.25, -0.2) is 8.42 Å². The molecule has 1 N–H and O–H groups in total. The van der Waals surface area contributed by atoms with E-state index in [-0.39, 0.29) is 38.7 Å². The SMILES string of the molecule is CNC(=O)[C@@H](Cc1ccccc1)N(Cc1ccc(Cl)c(Cl)c1)C(=O)CN(c1cc(Cl)c(Cl)cc1Cl)S(C)(=O)=O. The standard InChI is InChI=1S/C26H24Cl5N3O4S/c1-32-26(36)24(11-16-6-4-3-5-7-16)33(14-17-8-9-18(27)19(28)10-17)25(35)15-34(39(2,37)38)23-13-21(30)20(29)12-22(23)31/h3-10,12-13,24H,11,14-15H2,1-2H3,(H,32,36)/t24-/m1/s1. The lowest BCUT2D eigenvalue weighted by Crippen LogP contribution is -2.52. The largest absolute Gasteiger partial charge is 0.357 e. The van der Waals surface area contributed by atoms with E-state index in [4.69, 9.17) is 58.0 Å². The van der Waals surface area contributed by atoms with Crippen LogP contribution in [-0.2, 0) is 32.6 Å². The summed E-state index contributed by atoms with van der Waals surface area (Å²) in [6, 6.07) is 15.5. The van der Waals surface area contributed by atoms with Crippen molar-refractivity contribution in [2.75, 3.05) is 24.2 Å². The van der Waals surface area contributed by atoms with Gasteiger partial charge in [0.05, 0.1) is 37.1 Å². The lowest BCUT2D eigenvalue weighted by molar-refractivity contribution is -0.139. The molecule has 0 saturated heterocycles. The average Bonchev–Trinajstić information content (AvgIpc) is 2.88. The molecule has 0 heterocycles. The Morgan fingerprint density at radius 1 is 0.821 bits per heavy atom. The minimum Gasteiger partial charge on any atom is -0.357 e. The van der Waals surface area contributed by atoms with Gasteiger partial charge in [-0.3, -0.25) is 13.9 Å². The summed E-state index contributed by atoms with van der Waals surface area (Å²) in [5, 5.41) is 3.34. The van der Waals surface area contributed by atoms with Gasteiger partial charge < -0.3 is 10.2 Å². The highest BCUT2D eigenvalue weighted by Gasteiger charge is 2.33. The smallest absolute Gasteiger partial charge is 0.244 e. The van der Waals surface area contributed by atoms with Crippen LogP contribution < -0.4 is 9.62 Å². The molecule has 0 aliphatic carbocycles. The molecule has 0 fully saturated rings. The van der Waals surface area contributed by atoms with Crippen LogP contribution in [0.2, 0.25) is 25.1 Å². The molecule has 3 aromatic carbocycles. The molecule has 0 spiro atoms. The number of carbonyl (C=O) groups is 2. The van der Waals surface area contributed by atoms with Crippen LogP contribution in [0.15, 0.2) is 60.7 Å². The third-order valence-electron chi connectivity index (χ3n) is 5.79. The predicted octanol–water partition coefficient (Wildman–Crippen LogP) is 6.11. The maximum absolute atomic E-state index is 13.9. The van der Waals surface area contributed by atoms with E-state index in [0.717, 1.165) is 16.1 Å². The molecule has 208 valence electrons. The normalized spacial score (nSPS) is 12.1. The Kier molecular flexibility index (Phi) is 10.8. The van der Waals surface area contributed by atoms with Crippen LogP contribution >= 0.6 is 58.0 Å². The van der Waals surface area contributed by atoms with Crippen molar-refractivity contribution in [2.45, 2.75) is 19.0 Å². The second kappa shape index (κ2) is 13.4. The summed E-state index contributed by atoms with van der Waals surface area (Å²) in [6.07, 6.45) is 1.10. The Bertz CT molecular complexity index is 1470. The second-order valence-electron chi connectivity index (χ2n) is 8.58. The van der Waals surface area contributed by atoms with Crippen molar-refractivity contribution < 1.29 is 18.0 Å². The zero-order chi connectivity index (χ0) is 28.9. The van der Waals surface area contributed by atoms with Gasteiger partial charge in [0.1, 0.15) is 12.6 Å². The molecule has 39 heavy (non-hydrogen) atoms. The Labute approximate surface area is 252 Å². The number of nitrogens with one attached hydrogen (secondary N) is 1. The van der Waals surface area contributed by atoms with E-state index in [1.54, 1.807) is 18.2 Å². The number of carbonyl (C=O) groups excluding carboxylic acids is 2. The van der Waals surface area contributed by atoms with Gasteiger partial charge in [-0.15, -0.1) is 0 Å². The van der Waals surface area contributed by atoms with Crippen molar-refractivity contribution >= 4 is 85.5 Å². The predicted molar refractivity (Wildman–Crippen MR) is 159 cm³/mol. The molecule has 7 nitrogen and oxygen atoms in total. The molecule has 0 bridgehead atoms. The molecule has 0 aromatic heterocycles. The summed E-state index contributed by atoms with van der Waals surface area (Å²) in [6.45, 7) is -0.729. The number of benzene rings is 3. The van der Waals surface area contributed by atoms with Crippen LogP contribution in [0.25, 0.3) is 0 Å². The maximum atomic E-state index is 13.9. The van der Waals surface area contributed by atoms with Crippen molar-refractivity contribution in [3.8, 4) is 0 Å². The highest BCUT2D eigenvalue weighted by Crippen LogP contribution is 2.36. The monoisotopic (exact) mass is 649 g/mol. The number of sulfonamides is 1. The third-order valence-corrected chi connectivity index (χ3v) is 8.68. The number of anilines is 1. The van der Waals surface area contributed by atoms with Gasteiger partial charge in [0.15, 0.2) is 0 Å². The Morgan fingerprint density at radius 3 is 2.03 bits per heavy atom. The van der Waals surface area contributed by atoms with E-state index < -0.39 is 34.4 Å². The number of likely N-dealkylation sites (N-methyl/N-ethyl adjacent to an activating group) is 1. The zero-order valence-electron chi connectivity index (χ0n) is 20.8. The number of hydrogen-bond acceptors (Lipinski definition) is 4. The highest BCUT2D eigenvalue weighted by atomic mass is 35.5. The summed E-state index contributed by atoms with van der Waals surface area (Å²) < 4.78 is 26.5. The number of nitrogens with zero attached hydrogens (tertiary/aromatic N) is 2. The van der Waals surface area contributed by atoms with Crippen molar-refractivity contribution in [1.82, 2.24) is 10.2 Å². The highest BCUT2D eigenvalue weighted by molar-refractivity contribution is 7.92. The molecular formula is C26H24Cl5N3O4S. The molecule has 2 amide bonds. The summed E-state index contributed by atoms with van der Waals surface area (Å²) >= 11 is 30.7. The number of amides is 2. The van der Waals surface area contributed by atoms with Crippen LogP contribution in [0.1, 0.15) is 11.1 Å². The Hall–Kier alpha value is -2.20. The molecule has 0 aliphatic rings. The van der Waals surface area contributed by atoms with Gasteiger partial charge in [0.2, 0.25) is 21.8 Å². The summed E-state index contributed by atoms with van der Waals surface area (Å²) in [5.41, 5.74) is 1.35. The van der Waals surface area contributed by atoms with Crippen LogP contribution in [0.5, 0.6) is 0 Å². The molecule has 3 rings (SSSR count). The van der Waals surface area contributed by atoms with Gasteiger partial charge in [0.25, 0.3) is 0 Å². The summed E-state index contributed by atoms with van der Waals surface area (Å²) in [5.74, 6) is -1.11. The molecule has 1 atom stereocenters. The summed E-state index contributed by atoms with van der Waals surface area (Å²) in [4.78, 5) is 28.3. The zero-order valence-corrected chi connectivity index (χ0v) is 25.4. The first-order valence-electron chi connectivity index (χ1n) is 11.4. The van der Waals surface area contributed by atoms with Crippen molar-refractivity contribution in [3.05, 3.63) is 96.9 Å². The summed E-state index contributed by atoms with van der Waals surface area (Å²) in [7, 11) is -2.57. The minimum atomic E-state index is -4.03. The fourth-order valence-corrected chi connectivity index (χ4v) is 5.72.